The van der Waals surface area contributed by atoms with Gasteiger partial charge >= 0.3 is 5.69 Å². The van der Waals surface area contributed by atoms with E-state index < -0.39 is 0 Å². The molecule has 1 atom stereocenters. The van der Waals surface area contributed by atoms with Crippen molar-refractivity contribution in [2.45, 2.75) is 19.5 Å². The number of nitrogens with two attached hydrogens (primary N) is 1. The Hall–Kier alpha value is -2.47. The maximum absolute atomic E-state index is 12.2. The van der Waals surface area contributed by atoms with Crippen LogP contribution in [0.4, 0.5) is 0 Å². The smallest absolute Gasteiger partial charge is 0.322 e. The topological polar surface area (TPSA) is 78.2 Å². The zero-order valence-corrected chi connectivity index (χ0v) is 11.1. The molecule has 3 rings (SSSR count). The molecule has 0 amide bonds. The SMILES string of the molecule is Cc1ccccc1C(N)Cn1nc2cnccn2c1=O. The number of hydrogen-bond acceptors (Lipinski definition) is 4. The van der Waals surface area contributed by atoms with Crippen LogP contribution >= 0.6 is 0 Å². The Balaban J connectivity index is 1.96. The number of hydrogen-bond donors (Lipinski definition) is 1. The molecule has 102 valence electrons. The maximum atomic E-state index is 12.2. The first kappa shape index (κ1) is 12.6. The normalized spacial score (nSPS) is 12.7. The molecule has 0 bridgehead atoms. The van der Waals surface area contributed by atoms with E-state index in [4.69, 9.17) is 5.73 Å². The lowest BCUT2D eigenvalue weighted by Gasteiger charge is -2.13. The van der Waals surface area contributed by atoms with Gasteiger partial charge in [0.25, 0.3) is 0 Å². The van der Waals surface area contributed by atoms with Crippen LogP contribution in [0.5, 0.6) is 0 Å². The van der Waals surface area contributed by atoms with E-state index in [-0.39, 0.29) is 11.7 Å². The third kappa shape index (κ3) is 2.10. The zero-order valence-electron chi connectivity index (χ0n) is 11.1. The van der Waals surface area contributed by atoms with Gasteiger partial charge in [-0.15, -0.1) is 5.10 Å². The van der Waals surface area contributed by atoms with E-state index in [1.807, 2.05) is 31.2 Å². The fourth-order valence-electron chi connectivity index (χ4n) is 2.29. The van der Waals surface area contributed by atoms with Gasteiger partial charge in [-0.2, -0.15) is 0 Å². The molecule has 1 aromatic carbocycles. The number of aromatic nitrogens is 4. The molecule has 20 heavy (non-hydrogen) atoms. The van der Waals surface area contributed by atoms with Crippen molar-refractivity contribution < 1.29 is 0 Å². The summed E-state index contributed by atoms with van der Waals surface area (Å²) in [7, 11) is 0. The van der Waals surface area contributed by atoms with E-state index in [0.29, 0.717) is 12.2 Å². The first-order valence-corrected chi connectivity index (χ1v) is 6.37. The second-order valence-corrected chi connectivity index (χ2v) is 4.73. The Morgan fingerprint density at radius 2 is 2.15 bits per heavy atom. The predicted octanol–water partition coefficient (Wildman–Crippen LogP) is 0.899. The third-order valence-electron chi connectivity index (χ3n) is 3.35. The van der Waals surface area contributed by atoms with Crippen LogP contribution in [0.15, 0.2) is 47.7 Å². The van der Waals surface area contributed by atoms with Crippen molar-refractivity contribution >= 4 is 5.65 Å². The summed E-state index contributed by atoms with van der Waals surface area (Å²) in [4.78, 5) is 16.1. The molecule has 0 aliphatic carbocycles. The van der Waals surface area contributed by atoms with Gasteiger partial charge in [-0.05, 0) is 18.1 Å². The molecule has 6 nitrogen and oxygen atoms in total. The van der Waals surface area contributed by atoms with Gasteiger partial charge in [-0.3, -0.25) is 4.98 Å². The summed E-state index contributed by atoms with van der Waals surface area (Å²) in [6.07, 6.45) is 4.71. The van der Waals surface area contributed by atoms with Crippen LogP contribution in [0, 0.1) is 6.92 Å². The van der Waals surface area contributed by atoms with Crippen molar-refractivity contribution in [3.8, 4) is 0 Å². The van der Waals surface area contributed by atoms with Crippen LogP contribution in [0.25, 0.3) is 5.65 Å². The van der Waals surface area contributed by atoms with Gasteiger partial charge in [0.1, 0.15) is 0 Å². The van der Waals surface area contributed by atoms with Crippen LogP contribution in [0.2, 0.25) is 0 Å². The lowest BCUT2D eigenvalue weighted by Crippen LogP contribution is -2.27. The van der Waals surface area contributed by atoms with E-state index in [1.54, 1.807) is 18.6 Å². The molecule has 2 N–H and O–H groups in total. The molecule has 2 heterocycles. The summed E-state index contributed by atoms with van der Waals surface area (Å²) < 4.78 is 2.84. The molecular formula is C14H15N5O. The van der Waals surface area contributed by atoms with Crippen LogP contribution in [-0.2, 0) is 6.54 Å². The number of aryl methyl sites for hydroxylation is 1. The Morgan fingerprint density at radius 3 is 2.90 bits per heavy atom. The van der Waals surface area contributed by atoms with E-state index in [9.17, 15) is 4.79 Å². The predicted molar refractivity (Wildman–Crippen MR) is 75.4 cm³/mol. The lowest BCUT2D eigenvalue weighted by molar-refractivity contribution is 0.512. The molecule has 1 unspecified atom stereocenters. The molecule has 0 radical (unpaired) electrons. The van der Waals surface area contributed by atoms with Crippen LogP contribution in [-0.4, -0.2) is 19.2 Å². The van der Waals surface area contributed by atoms with Crippen molar-refractivity contribution in [1.82, 2.24) is 19.2 Å². The molecule has 0 aliphatic rings. The summed E-state index contributed by atoms with van der Waals surface area (Å²) in [5, 5.41) is 4.23. The second-order valence-electron chi connectivity index (χ2n) is 4.73. The highest BCUT2D eigenvalue weighted by Crippen LogP contribution is 2.16. The second kappa shape index (κ2) is 4.90. The monoisotopic (exact) mass is 269 g/mol. The van der Waals surface area contributed by atoms with Gasteiger partial charge in [0.05, 0.1) is 12.7 Å². The zero-order chi connectivity index (χ0) is 14.1. The number of rotatable bonds is 3. The average molecular weight is 269 g/mol. The average Bonchev–Trinajstić information content (AvgIpc) is 2.76. The maximum Gasteiger partial charge on any atom is 0.350 e. The molecule has 0 aliphatic heterocycles. The third-order valence-corrected chi connectivity index (χ3v) is 3.35. The first-order valence-electron chi connectivity index (χ1n) is 6.37. The molecule has 6 heteroatoms. The number of nitrogens with zero attached hydrogens (tertiary/aromatic N) is 4. The molecule has 0 saturated carbocycles. The first-order chi connectivity index (χ1) is 9.66. The van der Waals surface area contributed by atoms with Gasteiger partial charge in [-0.25, -0.2) is 13.9 Å². The Kier molecular flexibility index (Phi) is 3.08. The number of fused-ring (bicyclic) bond motifs is 1. The minimum atomic E-state index is -0.272. The van der Waals surface area contributed by atoms with E-state index in [2.05, 4.69) is 10.1 Å². The standard InChI is InChI=1S/C14H15N5O/c1-10-4-2-3-5-11(10)12(15)9-19-14(20)18-7-6-16-8-13(18)17-19/h2-8,12H,9,15H2,1H3. The minimum Gasteiger partial charge on any atom is -0.322 e. The summed E-state index contributed by atoms with van der Waals surface area (Å²) in [6.45, 7) is 2.34. The van der Waals surface area contributed by atoms with Gasteiger partial charge in [-0.1, -0.05) is 24.3 Å². The molecule has 0 spiro atoms. The molecule has 3 aromatic rings. The lowest BCUT2D eigenvalue weighted by atomic mass is 10.0. The van der Waals surface area contributed by atoms with Crippen LogP contribution < -0.4 is 11.4 Å². The van der Waals surface area contributed by atoms with E-state index in [1.165, 1.54) is 9.08 Å². The van der Waals surface area contributed by atoms with Crippen molar-refractivity contribution in [3.05, 3.63) is 64.5 Å². The quantitative estimate of drug-likeness (QED) is 0.766. The number of benzene rings is 1. The summed E-state index contributed by atoms with van der Waals surface area (Å²) in [6, 6.07) is 7.62. The Labute approximate surface area is 115 Å². The van der Waals surface area contributed by atoms with E-state index in [0.717, 1.165) is 11.1 Å². The van der Waals surface area contributed by atoms with Gasteiger partial charge in [0.15, 0.2) is 5.65 Å². The van der Waals surface area contributed by atoms with Gasteiger partial charge in [0.2, 0.25) is 0 Å². The summed E-state index contributed by atoms with van der Waals surface area (Å²) in [5.41, 5.74) is 8.65. The largest absolute Gasteiger partial charge is 0.350 e. The van der Waals surface area contributed by atoms with Crippen LogP contribution in [0.1, 0.15) is 17.2 Å². The Bertz CT molecular complexity index is 804. The highest BCUT2D eigenvalue weighted by atomic mass is 16.2. The van der Waals surface area contributed by atoms with Crippen molar-refractivity contribution in [1.29, 1.82) is 0 Å². The minimum absolute atomic E-state index is 0.202. The summed E-state index contributed by atoms with van der Waals surface area (Å²) in [5.74, 6) is 0. The fourth-order valence-corrected chi connectivity index (χ4v) is 2.29. The highest BCUT2D eigenvalue weighted by molar-refractivity contribution is 5.32. The van der Waals surface area contributed by atoms with Crippen molar-refractivity contribution in [2.24, 2.45) is 5.73 Å². The summed E-state index contributed by atoms with van der Waals surface area (Å²) >= 11 is 0. The van der Waals surface area contributed by atoms with E-state index >= 15 is 0 Å². The molecule has 0 fully saturated rings. The molecule has 2 aromatic heterocycles. The highest BCUT2D eigenvalue weighted by Gasteiger charge is 2.13. The van der Waals surface area contributed by atoms with Gasteiger partial charge < -0.3 is 5.73 Å². The van der Waals surface area contributed by atoms with Crippen LogP contribution in [0.3, 0.4) is 0 Å². The Morgan fingerprint density at radius 1 is 1.35 bits per heavy atom. The van der Waals surface area contributed by atoms with Gasteiger partial charge in [0, 0.05) is 18.4 Å². The fraction of sp³-hybridized carbons (Fsp3) is 0.214. The van der Waals surface area contributed by atoms with Crippen molar-refractivity contribution in [3.63, 3.8) is 0 Å². The van der Waals surface area contributed by atoms with Crippen molar-refractivity contribution in [2.75, 3.05) is 0 Å². The molecule has 0 saturated heterocycles. The molecular weight excluding hydrogens is 254 g/mol.